The van der Waals surface area contributed by atoms with E-state index in [4.69, 9.17) is 9.47 Å². The van der Waals surface area contributed by atoms with Gasteiger partial charge in [-0.1, -0.05) is 13.3 Å². The molecule has 94 valence electrons. The zero-order valence-electron chi connectivity index (χ0n) is 10.3. The second-order valence-electron chi connectivity index (χ2n) is 3.54. The Kier molecular flexibility index (Phi) is 6.55. The smallest absolute Gasteiger partial charge is 0.344 e. The number of hydrogen-bond acceptors (Lipinski definition) is 4. The average Bonchev–Trinajstić information content (AvgIpc) is 2.37. The van der Waals surface area contributed by atoms with E-state index < -0.39 is 0 Å². The quantitative estimate of drug-likeness (QED) is 0.425. The first-order chi connectivity index (χ1) is 8.26. The summed E-state index contributed by atoms with van der Waals surface area (Å²) in [5.74, 6) is 0.377. The van der Waals surface area contributed by atoms with Gasteiger partial charge in [0.15, 0.2) is 6.61 Å². The van der Waals surface area contributed by atoms with Crippen molar-refractivity contribution in [2.24, 2.45) is 0 Å². The van der Waals surface area contributed by atoms with Gasteiger partial charge in [0, 0.05) is 4.90 Å². The molecule has 0 amide bonds. The molecule has 0 aliphatic carbocycles. The normalized spacial score (nSPS) is 10.0. The number of esters is 1. The maximum absolute atomic E-state index is 11.3. The van der Waals surface area contributed by atoms with Gasteiger partial charge in [0.25, 0.3) is 0 Å². The third-order valence-electron chi connectivity index (χ3n) is 2.18. The maximum Gasteiger partial charge on any atom is 0.344 e. The summed E-state index contributed by atoms with van der Waals surface area (Å²) in [7, 11) is 0. The standard InChI is InChI=1S/C13H18O3S/c1-3-4-9-15-13(14)10-16-11-5-7-12(17-2)8-6-11/h5-8H,3-4,9-10H2,1-2H3. The highest BCUT2D eigenvalue weighted by atomic mass is 32.2. The Labute approximate surface area is 106 Å². The highest BCUT2D eigenvalue weighted by Gasteiger charge is 2.03. The van der Waals surface area contributed by atoms with Crippen molar-refractivity contribution in [2.45, 2.75) is 24.7 Å². The Balaban J connectivity index is 2.27. The van der Waals surface area contributed by atoms with Gasteiger partial charge in [-0.05, 0) is 36.9 Å². The van der Waals surface area contributed by atoms with Crippen LogP contribution in [0.3, 0.4) is 0 Å². The van der Waals surface area contributed by atoms with Crippen molar-refractivity contribution in [3.05, 3.63) is 24.3 Å². The molecule has 0 bridgehead atoms. The van der Waals surface area contributed by atoms with E-state index in [0.29, 0.717) is 12.4 Å². The molecule has 1 rings (SSSR count). The lowest BCUT2D eigenvalue weighted by molar-refractivity contribution is -0.146. The van der Waals surface area contributed by atoms with Gasteiger partial charge in [0.1, 0.15) is 5.75 Å². The lowest BCUT2D eigenvalue weighted by atomic mass is 10.3. The van der Waals surface area contributed by atoms with E-state index in [-0.39, 0.29) is 12.6 Å². The molecule has 3 nitrogen and oxygen atoms in total. The molecule has 0 aliphatic heterocycles. The molecule has 0 radical (unpaired) electrons. The van der Waals surface area contributed by atoms with E-state index in [2.05, 4.69) is 6.92 Å². The van der Waals surface area contributed by atoms with Crippen LogP contribution in [0.5, 0.6) is 5.75 Å². The molecule has 0 saturated carbocycles. The second-order valence-corrected chi connectivity index (χ2v) is 4.42. The Morgan fingerprint density at radius 1 is 1.29 bits per heavy atom. The molecule has 0 spiro atoms. The molecule has 0 saturated heterocycles. The van der Waals surface area contributed by atoms with Crippen LogP contribution in [-0.2, 0) is 9.53 Å². The van der Waals surface area contributed by atoms with Crippen LogP contribution in [0.2, 0.25) is 0 Å². The average molecular weight is 254 g/mol. The van der Waals surface area contributed by atoms with Crippen LogP contribution in [-0.4, -0.2) is 25.4 Å². The molecule has 0 fully saturated rings. The summed E-state index contributed by atoms with van der Waals surface area (Å²) in [6, 6.07) is 7.63. The van der Waals surface area contributed by atoms with Crippen molar-refractivity contribution in [3.63, 3.8) is 0 Å². The molecule has 0 N–H and O–H groups in total. The molecule has 0 aromatic heterocycles. The summed E-state index contributed by atoms with van der Waals surface area (Å²) in [6.45, 7) is 2.50. The first-order valence-corrected chi connectivity index (χ1v) is 6.91. The predicted octanol–water partition coefficient (Wildman–Crippen LogP) is 3.13. The minimum Gasteiger partial charge on any atom is -0.482 e. The topological polar surface area (TPSA) is 35.5 Å². The van der Waals surface area contributed by atoms with Crippen LogP contribution >= 0.6 is 11.8 Å². The SMILES string of the molecule is CCCCOC(=O)COc1ccc(SC)cc1. The summed E-state index contributed by atoms with van der Waals surface area (Å²) in [5.41, 5.74) is 0. The van der Waals surface area contributed by atoms with Crippen LogP contribution in [0, 0.1) is 0 Å². The number of carbonyl (C=O) groups excluding carboxylic acids is 1. The molecular weight excluding hydrogens is 236 g/mol. The van der Waals surface area contributed by atoms with E-state index in [9.17, 15) is 4.79 Å². The number of thioether (sulfide) groups is 1. The van der Waals surface area contributed by atoms with Gasteiger partial charge in [0.05, 0.1) is 6.61 Å². The van der Waals surface area contributed by atoms with Gasteiger partial charge in [-0.3, -0.25) is 0 Å². The first kappa shape index (κ1) is 13.9. The summed E-state index contributed by atoms with van der Waals surface area (Å²) < 4.78 is 10.3. The Bertz CT molecular complexity index is 335. The zero-order valence-corrected chi connectivity index (χ0v) is 11.1. The molecule has 1 aromatic rings. The maximum atomic E-state index is 11.3. The second kappa shape index (κ2) is 8.01. The minimum atomic E-state index is -0.313. The highest BCUT2D eigenvalue weighted by molar-refractivity contribution is 7.98. The number of benzene rings is 1. The van der Waals surface area contributed by atoms with Crippen molar-refractivity contribution in [3.8, 4) is 5.75 Å². The van der Waals surface area contributed by atoms with Gasteiger partial charge in [-0.2, -0.15) is 0 Å². The molecule has 0 atom stereocenters. The number of hydrogen-bond donors (Lipinski definition) is 0. The molecular formula is C13H18O3S. The number of rotatable bonds is 7. The Morgan fingerprint density at radius 2 is 2.00 bits per heavy atom. The van der Waals surface area contributed by atoms with Gasteiger partial charge >= 0.3 is 5.97 Å². The van der Waals surface area contributed by atoms with E-state index >= 15 is 0 Å². The van der Waals surface area contributed by atoms with Gasteiger partial charge in [-0.15, -0.1) is 11.8 Å². The van der Waals surface area contributed by atoms with Crippen molar-refractivity contribution in [1.82, 2.24) is 0 Å². The van der Waals surface area contributed by atoms with Crippen LogP contribution in [0.4, 0.5) is 0 Å². The summed E-state index contributed by atoms with van der Waals surface area (Å²) in [4.78, 5) is 12.4. The molecule has 0 aliphatic rings. The van der Waals surface area contributed by atoms with Crippen molar-refractivity contribution in [1.29, 1.82) is 0 Å². The van der Waals surface area contributed by atoms with E-state index in [0.717, 1.165) is 12.8 Å². The lowest BCUT2D eigenvalue weighted by Crippen LogP contribution is -2.15. The van der Waals surface area contributed by atoms with Crippen molar-refractivity contribution in [2.75, 3.05) is 19.5 Å². The van der Waals surface area contributed by atoms with Crippen molar-refractivity contribution >= 4 is 17.7 Å². The van der Waals surface area contributed by atoms with Gasteiger partial charge in [-0.25, -0.2) is 4.79 Å². The molecule has 17 heavy (non-hydrogen) atoms. The zero-order chi connectivity index (χ0) is 12.5. The molecule has 0 unspecified atom stereocenters. The lowest BCUT2D eigenvalue weighted by Gasteiger charge is -2.06. The van der Waals surface area contributed by atoms with E-state index in [1.807, 2.05) is 30.5 Å². The number of ether oxygens (including phenoxy) is 2. The van der Waals surface area contributed by atoms with Crippen LogP contribution < -0.4 is 4.74 Å². The fourth-order valence-corrected chi connectivity index (χ4v) is 1.59. The first-order valence-electron chi connectivity index (χ1n) is 5.68. The van der Waals surface area contributed by atoms with E-state index in [1.165, 1.54) is 4.90 Å². The summed E-state index contributed by atoms with van der Waals surface area (Å²) in [6.07, 6.45) is 3.93. The Morgan fingerprint density at radius 3 is 2.59 bits per heavy atom. The summed E-state index contributed by atoms with van der Waals surface area (Å²) in [5, 5.41) is 0. The van der Waals surface area contributed by atoms with Gasteiger partial charge in [0.2, 0.25) is 0 Å². The fraction of sp³-hybridized carbons (Fsp3) is 0.462. The van der Waals surface area contributed by atoms with Gasteiger partial charge < -0.3 is 9.47 Å². The molecule has 1 aromatic carbocycles. The predicted molar refractivity (Wildman–Crippen MR) is 69.6 cm³/mol. The third-order valence-corrected chi connectivity index (χ3v) is 2.92. The van der Waals surface area contributed by atoms with E-state index in [1.54, 1.807) is 11.8 Å². The largest absolute Gasteiger partial charge is 0.482 e. The Hall–Kier alpha value is -1.16. The third kappa shape index (κ3) is 5.63. The van der Waals surface area contributed by atoms with Crippen LogP contribution in [0.15, 0.2) is 29.2 Å². The monoisotopic (exact) mass is 254 g/mol. The minimum absolute atomic E-state index is 0.0255. The fourth-order valence-electron chi connectivity index (χ4n) is 1.19. The molecule has 0 heterocycles. The molecule has 4 heteroatoms. The van der Waals surface area contributed by atoms with Crippen LogP contribution in [0.25, 0.3) is 0 Å². The van der Waals surface area contributed by atoms with Crippen molar-refractivity contribution < 1.29 is 14.3 Å². The number of unbranched alkanes of at least 4 members (excludes halogenated alkanes) is 1. The number of carbonyl (C=O) groups is 1. The summed E-state index contributed by atoms with van der Waals surface area (Å²) >= 11 is 1.67. The highest BCUT2D eigenvalue weighted by Crippen LogP contribution is 2.18. The van der Waals surface area contributed by atoms with Crippen LogP contribution in [0.1, 0.15) is 19.8 Å².